The second kappa shape index (κ2) is 10.1. The van der Waals surface area contributed by atoms with E-state index in [9.17, 15) is 31.1 Å². The molecule has 2 atom stereocenters. The van der Waals surface area contributed by atoms with Gasteiger partial charge in [0.05, 0.1) is 31.8 Å². The number of urea groups is 1. The van der Waals surface area contributed by atoms with Crippen LogP contribution in [0.5, 0.6) is 11.6 Å². The minimum Gasteiger partial charge on any atom is -0.494 e. The molecule has 0 aliphatic rings. The van der Waals surface area contributed by atoms with Gasteiger partial charge in [-0.2, -0.15) is 26.3 Å². The molecule has 196 valence electrons. The number of methoxy groups -OCH3 is 2. The number of aromatic nitrogens is 4. The molecule has 0 saturated carbocycles. The van der Waals surface area contributed by atoms with Crippen molar-refractivity contribution >= 4 is 11.7 Å². The van der Waals surface area contributed by atoms with Crippen LogP contribution in [0.15, 0.2) is 30.9 Å². The maximum absolute atomic E-state index is 14.2. The first kappa shape index (κ1) is 26.8. The van der Waals surface area contributed by atoms with Crippen molar-refractivity contribution in [1.29, 1.82) is 0 Å². The van der Waals surface area contributed by atoms with Gasteiger partial charge in [-0.05, 0) is 19.9 Å². The first-order valence-corrected chi connectivity index (χ1v) is 10.4. The van der Waals surface area contributed by atoms with Gasteiger partial charge in [-0.3, -0.25) is 4.98 Å². The van der Waals surface area contributed by atoms with Gasteiger partial charge >= 0.3 is 18.4 Å². The van der Waals surface area contributed by atoms with Crippen LogP contribution >= 0.6 is 0 Å². The summed E-state index contributed by atoms with van der Waals surface area (Å²) in [5.74, 6) is 0.146. The van der Waals surface area contributed by atoms with Crippen LogP contribution in [0.3, 0.4) is 0 Å². The second-order valence-electron chi connectivity index (χ2n) is 7.55. The summed E-state index contributed by atoms with van der Waals surface area (Å²) in [6.07, 6.45) is -4.39. The number of pyridine rings is 1. The Morgan fingerprint density at radius 3 is 2.39 bits per heavy atom. The Morgan fingerprint density at radius 2 is 1.83 bits per heavy atom. The molecule has 36 heavy (non-hydrogen) atoms. The van der Waals surface area contributed by atoms with Crippen molar-refractivity contribution in [2.75, 3.05) is 20.8 Å². The van der Waals surface area contributed by atoms with Crippen LogP contribution in [0, 0.1) is 0 Å². The van der Waals surface area contributed by atoms with Crippen LogP contribution in [-0.4, -0.2) is 69.4 Å². The zero-order valence-electron chi connectivity index (χ0n) is 19.5. The van der Waals surface area contributed by atoms with Crippen molar-refractivity contribution < 1.29 is 40.6 Å². The molecule has 3 heterocycles. The van der Waals surface area contributed by atoms with Crippen LogP contribution in [0.2, 0.25) is 0 Å². The summed E-state index contributed by atoms with van der Waals surface area (Å²) in [5, 5.41) is 1.56. The molecule has 3 rings (SSSR count). The number of carbonyl (C=O) groups is 1. The fraction of sp³-hybridized carbons (Fsp3) is 0.429. The molecule has 0 aliphatic carbocycles. The minimum atomic E-state index is -5.08. The molecule has 15 heteroatoms. The predicted octanol–water partition coefficient (Wildman–Crippen LogP) is 4.39. The van der Waals surface area contributed by atoms with E-state index in [2.05, 4.69) is 15.0 Å². The van der Waals surface area contributed by atoms with E-state index in [0.29, 0.717) is 12.6 Å². The van der Waals surface area contributed by atoms with Crippen molar-refractivity contribution in [1.82, 2.24) is 29.6 Å². The Balaban J connectivity index is 2.12. The van der Waals surface area contributed by atoms with Gasteiger partial charge in [0.2, 0.25) is 0 Å². The monoisotopic (exact) mass is 520 g/mol. The van der Waals surface area contributed by atoms with E-state index in [1.807, 2.05) is 0 Å². The lowest BCUT2D eigenvalue weighted by Gasteiger charge is -2.33. The molecule has 2 unspecified atom stereocenters. The van der Waals surface area contributed by atoms with Gasteiger partial charge in [0.1, 0.15) is 11.8 Å². The third-order valence-corrected chi connectivity index (χ3v) is 5.26. The van der Waals surface area contributed by atoms with Crippen molar-refractivity contribution in [2.45, 2.75) is 38.3 Å². The quantitative estimate of drug-likeness (QED) is 0.465. The van der Waals surface area contributed by atoms with Gasteiger partial charge in [0.25, 0.3) is 5.88 Å². The summed E-state index contributed by atoms with van der Waals surface area (Å²) in [7, 11) is 2.62. The van der Waals surface area contributed by atoms with Crippen LogP contribution in [-0.2, 0) is 0 Å². The van der Waals surface area contributed by atoms with Gasteiger partial charge < -0.3 is 24.1 Å². The highest BCUT2D eigenvalue weighted by atomic mass is 19.4. The van der Waals surface area contributed by atoms with Crippen LogP contribution in [0.25, 0.3) is 16.9 Å². The lowest BCUT2D eigenvalue weighted by Crippen LogP contribution is -2.52. The zero-order chi connectivity index (χ0) is 26.8. The van der Waals surface area contributed by atoms with Gasteiger partial charge in [-0.25, -0.2) is 14.8 Å². The summed E-state index contributed by atoms with van der Waals surface area (Å²) in [6, 6.07) is -5.56. The number of nitrogens with one attached hydrogen (secondary N) is 1. The molecule has 1 N–H and O–H groups in total. The van der Waals surface area contributed by atoms with Gasteiger partial charge in [0, 0.05) is 30.7 Å². The first-order chi connectivity index (χ1) is 16.8. The molecule has 3 aromatic heterocycles. The molecule has 0 aromatic carbocycles. The average molecular weight is 520 g/mol. The molecule has 9 nitrogen and oxygen atoms in total. The highest BCUT2D eigenvalue weighted by Gasteiger charge is 2.48. The topological polar surface area (TPSA) is 93.9 Å². The minimum absolute atomic E-state index is 0.0619. The lowest BCUT2D eigenvalue weighted by atomic mass is 10.1. The first-order valence-electron chi connectivity index (χ1n) is 10.4. The molecular formula is C21H22F6N6O3. The van der Waals surface area contributed by atoms with Crippen LogP contribution in [0.4, 0.5) is 31.1 Å². The molecule has 3 aromatic rings. The van der Waals surface area contributed by atoms with E-state index in [-0.39, 0.29) is 27.8 Å². The van der Waals surface area contributed by atoms with Gasteiger partial charge in [-0.15, -0.1) is 0 Å². The Hall–Kier alpha value is -3.78. The van der Waals surface area contributed by atoms with E-state index in [4.69, 9.17) is 9.47 Å². The normalized spacial score (nSPS) is 13.8. The predicted molar refractivity (Wildman–Crippen MR) is 115 cm³/mol. The van der Waals surface area contributed by atoms with Gasteiger partial charge in [0.15, 0.2) is 11.7 Å². The summed E-state index contributed by atoms with van der Waals surface area (Å²) >= 11 is 0. The van der Waals surface area contributed by atoms with Crippen molar-refractivity contribution in [2.24, 2.45) is 0 Å². The fourth-order valence-corrected chi connectivity index (χ4v) is 3.44. The lowest BCUT2D eigenvalue weighted by molar-refractivity contribution is -0.180. The van der Waals surface area contributed by atoms with Crippen molar-refractivity contribution in [3.63, 3.8) is 0 Å². The number of amides is 2. The SMILES string of the molecule is CCN(C(=O)NC(C)C(F)(F)F)C(c1cc(-c2cn3ccnc3c(OC)n2)c(OC)cn1)C(F)(F)F. The number of halogens is 6. The Kier molecular flexibility index (Phi) is 7.50. The van der Waals surface area contributed by atoms with E-state index in [1.165, 1.54) is 37.9 Å². The molecule has 0 radical (unpaired) electrons. The third-order valence-electron chi connectivity index (χ3n) is 5.26. The molecule has 0 saturated heterocycles. The highest BCUT2D eigenvalue weighted by molar-refractivity contribution is 5.75. The van der Waals surface area contributed by atoms with Crippen molar-refractivity contribution in [3.05, 3.63) is 36.5 Å². The van der Waals surface area contributed by atoms with E-state index in [1.54, 1.807) is 11.5 Å². The van der Waals surface area contributed by atoms with E-state index in [0.717, 1.165) is 12.3 Å². The maximum Gasteiger partial charge on any atom is 0.414 e. The fourth-order valence-electron chi connectivity index (χ4n) is 3.44. The van der Waals surface area contributed by atoms with E-state index < -0.39 is 42.7 Å². The number of carbonyl (C=O) groups excluding carboxylic acids is 1. The number of imidazole rings is 1. The molecule has 0 aliphatic heterocycles. The molecule has 0 spiro atoms. The molecular weight excluding hydrogens is 498 g/mol. The Labute approximate surface area is 201 Å². The van der Waals surface area contributed by atoms with Gasteiger partial charge in [-0.1, -0.05) is 0 Å². The standard InChI is InChI=1S/C21H22F6N6O3/c1-5-33(19(34)30-11(2)20(22,23)24)16(21(25,26)27)13-8-12(15(35-3)9-29-13)14-10-32-7-6-28-17(32)18(31-14)36-4/h6-11,16H,5H2,1-4H3,(H,30,34). The number of fused-ring (bicyclic) bond motifs is 1. The zero-order valence-corrected chi connectivity index (χ0v) is 19.5. The number of hydrogen-bond donors (Lipinski definition) is 1. The smallest absolute Gasteiger partial charge is 0.414 e. The summed E-state index contributed by atoms with van der Waals surface area (Å²) < 4.78 is 93.3. The number of hydrogen-bond acceptors (Lipinski definition) is 6. The van der Waals surface area contributed by atoms with Crippen molar-refractivity contribution in [3.8, 4) is 22.9 Å². The number of alkyl halides is 6. The maximum atomic E-state index is 14.2. The molecule has 0 fully saturated rings. The number of rotatable bonds is 7. The molecule has 2 amide bonds. The highest BCUT2D eigenvalue weighted by Crippen LogP contribution is 2.40. The largest absolute Gasteiger partial charge is 0.494 e. The Morgan fingerprint density at radius 1 is 1.14 bits per heavy atom. The number of ether oxygens (including phenoxy) is 2. The number of nitrogens with zero attached hydrogens (tertiary/aromatic N) is 5. The third kappa shape index (κ3) is 5.39. The summed E-state index contributed by atoms with van der Waals surface area (Å²) in [6.45, 7) is 1.28. The summed E-state index contributed by atoms with van der Waals surface area (Å²) in [5.41, 5.74) is -0.0838. The van der Waals surface area contributed by atoms with Crippen LogP contribution in [0.1, 0.15) is 25.6 Å². The second-order valence-corrected chi connectivity index (χ2v) is 7.55. The average Bonchev–Trinajstić information content (AvgIpc) is 3.28. The van der Waals surface area contributed by atoms with Crippen LogP contribution < -0.4 is 14.8 Å². The Bertz CT molecular complexity index is 1230. The van der Waals surface area contributed by atoms with E-state index >= 15 is 0 Å². The summed E-state index contributed by atoms with van der Waals surface area (Å²) in [4.78, 5) is 24.9. The molecule has 0 bridgehead atoms.